The molecule has 8 nitrogen and oxygen atoms in total. The van der Waals surface area contributed by atoms with Crippen LogP contribution in [0.4, 0.5) is 5.69 Å². The number of ether oxygens (including phenoxy) is 2. The molecule has 4 rings (SSSR count). The Hall–Kier alpha value is -3.43. The Morgan fingerprint density at radius 2 is 2.03 bits per heavy atom. The molecule has 0 saturated heterocycles. The zero-order chi connectivity index (χ0) is 21.6. The zero-order valence-electron chi connectivity index (χ0n) is 15.4. The van der Waals surface area contributed by atoms with Crippen LogP contribution in [0.5, 0.6) is 5.75 Å². The normalized spacial score (nSPS) is 15.5. The summed E-state index contributed by atoms with van der Waals surface area (Å²) in [6.45, 7) is 0. The minimum Gasteiger partial charge on any atom is -0.465 e. The lowest BCUT2D eigenvalue weighted by atomic mass is 9.83. The van der Waals surface area contributed by atoms with E-state index in [2.05, 4.69) is 0 Å². The van der Waals surface area contributed by atoms with Gasteiger partial charge in [-0.15, -0.1) is 0 Å². The molecule has 1 aromatic heterocycles. The molecule has 0 radical (unpaired) electrons. The third-order valence-corrected chi connectivity index (χ3v) is 6.04. The van der Waals surface area contributed by atoms with E-state index < -0.39 is 16.8 Å². The lowest BCUT2D eigenvalue weighted by Crippen LogP contribution is -2.30. The smallest absolute Gasteiger partial charge is 0.340 e. The molecule has 1 unspecified atom stereocenters. The SMILES string of the molecule is COC(=O)C1=C(N)Oc2c(c(=O)sc3ccccc23)C1c1ccc([N+](=O)[O-])c(Cl)c1. The topological polar surface area (TPSA) is 122 Å². The Kier molecular flexibility index (Phi) is 4.92. The number of nitro benzene ring substituents is 1. The fourth-order valence-electron chi connectivity index (χ4n) is 3.46. The number of nitrogens with zero attached hydrogens (tertiary/aromatic N) is 1. The minimum absolute atomic E-state index is 0.0745. The van der Waals surface area contributed by atoms with E-state index in [4.69, 9.17) is 26.8 Å². The van der Waals surface area contributed by atoms with Crippen LogP contribution < -0.4 is 15.2 Å². The quantitative estimate of drug-likeness (QED) is 0.371. The van der Waals surface area contributed by atoms with E-state index in [1.165, 1.54) is 25.3 Å². The maximum Gasteiger partial charge on any atom is 0.340 e. The van der Waals surface area contributed by atoms with Crippen LogP contribution in [0.25, 0.3) is 10.1 Å². The van der Waals surface area contributed by atoms with Gasteiger partial charge < -0.3 is 15.2 Å². The van der Waals surface area contributed by atoms with Gasteiger partial charge in [-0.2, -0.15) is 0 Å². The summed E-state index contributed by atoms with van der Waals surface area (Å²) in [5, 5.41) is 11.6. The first-order valence-electron chi connectivity index (χ1n) is 8.58. The van der Waals surface area contributed by atoms with Gasteiger partial charge in [0.2, 0.25) is 10.6 Å². The van der Waals surface area contributed by atoms with Crippen LogP contribution in [0.3, 0.4) is 0 Å². The molecule has 3 aromatic rings. The van der Waals surface area contributed by atoms with Crippen LogP contribution in [-0.4, -0.2) is 18.0 Å². The highest BCUT2D eigenvalue weighted by Crippen LogP contribution is 2.45. The molecule has 0 saturated carbocycles. The molecule has 1 atom stereocenters. The molecule has 0 aliphatic carbocycles. The highest BCUT2D eigenvalue weighted by molar-refractivity contribution is 7.16. The minimum atomic E-state index is -0.965. The summed E-state index contributed by atoms with van der Waals surface area (Å²) in [6, 6.07) is 11.1. The van der Waals surface area contributed by atoms with E-state index in [1.807, 2.05) is 0 Å². The largest absolute Gasteiger partial charge is 0.465 e. The van der Waals surface area contributed by atoms with Gasteiger partial charge in [-0.3, -0.25) is 14.9 Å². The van der Waals surface area contributed by atoms with Crippen molar-refractivity contribution >= 4 is 44.7 Å². The summed E-state index contributed by atoms with van der Waals surface area (Å²) in [5.41, 5.74) is 6.27. The van der Waals surface area contributed by atoms with E-state index in [1.54, 1.807) is 24.3 Å². The molecule has 0 amide bonds. The molecule has 152 valence electrons. The standard InChI is InChI=1S/C20H13ClN2O6S/c1-28-19(24)16-14(9-6-7-12(23(26)27)11(21)8-9)15-17(29-18(16)22)10-4-2-3-5-13(10)30-20(15)25/h2-8,14H,22H2,1H3. The highest BCUT2D eigenvalue weighted by atomic mass is 35.5. The van der Waals surface area contributed by atoms with Gasteiger partial charge >= 0.3 is 5.97 Å². The van der Waals surface area contributed by atoms with Gasteiger partial charge in [0, 0.05) is 16.2 Å². The van der Waals surface area contributed by atoms with Gasteiger partial charge in [0.25, 0.3) is 5.69 Å². The number of carbonyl (C=O) groups is 1. The Morgan fingerprint density at radius 1 is 1.30 bits per heavy atom. The summed E-state index contributed by atoms with van der Waals surface area (Å²) >= 11 is 7.09. The summed E-state index contributed by atoms with van der Waals surface area (Å²) in [7, 11) is 1.18. The van der Waals surface area contributed by atoms with Gasteiger partial charge in [0.1, 0.15) is 16.3 Å². The average Bonchev–Trinajstić information content (AvgIpc) is 2.72. The Balaban J connectivity index is 2.05. The Labute approximate surface area is 178 Å². The first kappa shape index (κ1) is 19.9. The molecule has 1 aliphatic heterocycles. The second-order valence-corrected chi connectivity index (χ2v) is 7.82. The third kappa shape index (κ3) is 3.08. The number of methoxy groups -OCH3 is 1. The van der Waals surface area contributed by atoms with Crippen LogP contribution in [0, 0.1) is 10.1 Å². The second kappa shape index (κ2) is 7.43. The van der Waals surface area contributed by atoms with Gasteiger partial charge in [0.05, 0.1) is 23.5 Å². The van der Waals surface area contributed by atoms with Crippen LogP contribution in [-0.2, 0) is 9.53 Å². The van der Waals surface area contributed by atoms with Crippen molar-refractivity contribution in [2.45, 2.75) is 5.92 Å². The summed E-state index contributed by atoms with van der Waals surface area (Å²) in [6.07, 6.45) is 0. The van der Waals surface area contributed by atoms with Gasteiger partial charge in [-0.25, -0.2) is 4.79 Å². The predicted octanol–water partition coefficient (Wildman–Crippen LogP) is 3.69. The molecule has 10 heteroatoms. The highest BCUT2D eigenvalue weighted by Gasteiger charge is 2.38. The van der Waals surface area contributed by atoms with Crippen LogP contribution in [0.1, 0.15) is 17.0 Å². The van der Waals surface area contributed by atoms with Crippen molar-refractivity contribution in [1.29, 1.82) is 0 Å². The average molecular weight is 445 g/mol. The van der Waals surface area contributed by atoms with Gasteiger partial charge in [-0.1, -0.05) is 41.1 Å². The van der Waals surface area contributed by atoms with E-state index >= 15 is 0 Å². The lowest BCUT2D eigenvalue weighted by Gasteiger charge is -2.28. The van der Waals surface area contributed by atoms with Crippen molar-refractivity contribution in [2.75, 3.05) is 7.11 Å². The number of nitrogens with two attached hydrogens (primary N) is 1. The third-order valence-electron chi connectivity index (χ3n) is 4.76. The molecule has 2 aromatic carbocycles. The number of halogens is 1. The molecule has 0 spiro atoms. The summed E-state index contributed by atoms with van der Waals surface area (Å²) in [5.74, 6) is -1.73. The number of hydrogen-bond donors (Lipinski definition) is 1. The summed E-state index contributed by atoms with van der Waals surface area (Å²) < 4.78 is 10.9. The number of hydrogen-bond acceptors (Lipinski definition) is 8. The lowest BCUT2D eigenvalue weighted by molar-refractivity contribution is -0.384. The van der Waals surface area contributed by atoms with E-state index in [9.17, 15) is 19.7 Å². The molecule has 2 heterocycles. The number of carbonyl (C=O) groups excluding carboxylic acids is 1. The molecular weight excluding hydrogens is 432 g/mol. The molecule has 0 bridgehead atoms. The number of fused-ring (bicyclic) bond motifs is 3. The number of rotatable bonds is 3. The molecule has 30 heavy (non-hydrogen) atoms. The maximum atomic E-state index is 13.1. The van der Waals surface area contributed by atoms with Crippen LogP contribution in [0.15, 0.2) is 58.7 Å². The van der Waals surface area contributed by atoms with E-state index in [-0.39, 0.29) is 38.2 Å². The Morgan fingerprint density at radius 3 is 2.70 bits per heavy atom. The molecule has 0 fully saturated rings. The first-order chi connectivity index (χ1) is 14.3. The number of benzene rings is 2. The Bertz CT molecular complexity index is 1320. The van der Waals surface area contributed by atoms with E-state index in [0.717, 1.165) is 11.3 Å². The summed E-state index contributed by atoms with van der Waals surface area (Å²) in [4.78, 5) is 36.1. The second-order valence-electron chi connectivity index (χ2n) is 6.40. The van der Waals surface area contributed by atoms with Crippen LogP contribution >= 0.6 is 22.9 Å². The van der Waals surface area contributed by atoms with Crippen molar-refractivity contribution in [2.24, 2.45) is 5.73 Å². The molecular formula is C20H13ClN2O6S. The van der Waals surface area contributed by atoms with E-state index in [0.29, 0.717) is 15.6 Å². The van der Waals surface area contributed by atoms with Gasteiger partial charge in [0.15, 0.2) is 0 Å². The van der Waals surface area contributed by atoms with Crippen molar-refractivity contribution in [3.8, 4) is 5.75 Å². The first-order valence-corrected chi connectivity index (χ1v) is 9.78. The van der Waals surface area contributed by atoms with Crippen LogP contribution in [0.2, 0.25) is 5.02 Å². The zero-order valence-corrected chi connectivity index (χ0v) is 17.0. The predicted molar refractivity (Wildman–Crippen MR) is 112 cm³/mol. The van der Waals surface area contributed by atoms with Crippen molar-refractivity contribution in [3.05, 3.63) is 89.7 Å². The fraction of sp³-hybridized carbons (Fsp3) is 0.100. The molecule has 1 aliphatic rings. The number of nitro groups is 1. The van der Waals surface area contributed by atoms with Crippen molar-refractivity contribution in [1.82, 2.24) is 0 Å². The maximum absolute atomic E-state index is 13.1. The van der Waals surface area contributed by atoms with Crippen molar-refractivity contribution in [3.63, 3.8) is 0 Å². The van der Waals surface area contributed by atoms with Crippen molar-refractivity contribution < 1.29 is 19.2 Å². The monoisotopic (exact) mass is 444 g/mol. The van der Waals surface area contributed by atoms with Gasteiger partial charge in [-0.05, 0) is 23.8 Å². The fourth-order valence-corrected chi connectivity index (χ4v) is 4.65. The molecule has 2 N–H and O–H groups in total. The number of esters is 1.